The van der Waals surface area contributed by atoms with Gasteiger partial charge >= 0.3 is 0 Å². The predicted octanol–water partition coefficient (Wildman–Crippen LogP) is 3.30. The topological polar surface area (TPSA) is 85.0 Å². The molecule has 0 unspecified atom stereocenters. The van der Waals surface area contributed by atoms with Gasteiger partial charge in [-0.15, -0.1) is 0 Å². The van der Waals surface area contributed by atoms with Gasteiger partial charge in [-0.25, -0.2) is 5.01 Å². The van der Waals surface area contributed by atoms with Gasteiger partial charge in [0.2, 0.25) is 5.91 Å². The van der Waals surface area contributed by atoms with E-state index in [1.165, 1.54) is 18.0 Å². The molecule has 0 fully saturated rings. The molecule has 0 spiro atoms. The van der Waals surface area contributed by atoms with Crippen molar-refractivity contribution in [3.05, 3.63) is 69.8 Å². The Hall–Kier alpha value is -3.22. The number of nitro groups is 1. The molecule has 0 aromatic heterocycles. The molecule has 1 aliphatic heterocycles. The summed E-state index contributed by atoms with van der Waals surface area (Å²) < 4.78 is 5.14. The van der Waals surface area contributed by atoms with E-state index in [0.29, 0.717) is 17.7 Å². The molecule has 25 heavy (non-hydrogen) atoms. The fourth-order valence-corrected chi connectivity index (χ4v) is 2.94. The van der Waals surface area contributed by atoms with Crippen LogP contribution in [0.5, 0.6) is 5.75 Å². The summed E-state index contributed by atoms with van der Waals surface area (Å²) in [6, 6.07) is 13.3. The molecule has 1 aliphatic rings. The summed E-state index contributed by atoms with van der Waals surface area (Å²) in [6.07, 6.45) is 0.413. The van der Waals surface area contributed by atoms with Crippen LogP contribution in [-0.4, -0.2) is 28.7 Å². The van der Waals surface area contributed by atoms with Gasteiger partial charge in [0, 0.05) is 19.4 Å². The number of ether oxygens (including phenoxy) is 1. The zero-order valence-corrected chi connectivity index (χ0v) is 13.9. The van der Waals surface area contributed by atoms with Crippen LogP contribution < -0.4 is 4.74 Å². The first-order valence-electron chi connectivity index (χ1n) is 7.76. The number of hydrazone groups is 1. The maximum absolute atomic E-state index is 12.0. The van der Waals surface area contributed by atoms with Crippen molar-refractivity contribution < 1.29 is 14.5 Å². The molecule has 0 saturated heterocycles. The molecule has 7 nitrogen and oxygen atoms in total. The fraction of sp³-hybridized carbons (Fsp3) is 0.222. The first kappa shape index (κ1) is 16.6. The molecule has 0 N–H and O–H groups in total. The van der Waals surface area contributed by atoms with Gasteiger partial charge in [-0.05, 0) is 35.9 Å². The van der Waals surface area contributed by atoms with Crippen LogP contribution in [0.4, 0.5) is 5.69 Å². The molecule has 1 heterocycles. The molecule has 3 rings (SSSR count). The second kappa shape index (κ2) is 6.72. The monoisotopic (exact) mass is 339 g/mol. The minimum atomic E-state index is -0.490. The van der Waals surface area contributed by atoms with Crippen LogP contribution in [-0.2, 0) is 4.79 Å². The number of carbonyl (C=O) groups is 1. The molecule has 0 aliphatic carbocycles. The predicted molar refractivity (Wildman–Crippen MR) is 92.5 cm³/mol. The summed E-state index contributed by atoms with van der Waals surface area (Å²) in [7, 11) is 1.59. The van der Waals surface area contributed by atoms with Gasteiger partial charge in [0.15, 0.2) is 0 Å². The largest absolute Gasteiger partial charge is 0.497 e. The van der Waals surface area contributed by atoms with Gasteiger partial charge in [0.1, 0.15) is 5.75 Å². The molecular weight excluding hydrogens is 322 g/mol. The third kappa shape index (κ3) is 3.21. The molecular formula is C18H17N3O4. The maximum Gasteiger partial charge on any atom is 0.274 e. The third-order valence-electron chi connectivity index (χ3n) is 4.15. The number of benzene rings is 2. The number of hydrogen-bond acceptors (Lipinski definition) is 5. The SMILES string of the molecule is COc1ccc(C2=NN(C(C)=O)[C@H](c3ccccc3[N+](=O)[O-])C2)cc1. The number of hydrogen-bond donors (Lipinski definition) is 0. The minimum Gasteiger partial charge on any atom is -0.497 e. The van der Waals surface area contributed by atoms with Crippen molar-refractivity contribution >= 4 is 17.3 Å². The van der Waals surface area contributed by atoms with Crippen molar-refractivity contribution in [2.75, 3.05) is 7.11 Å². The fourth-order valence-electron chi connectivity index (χ4n) is 2.94. The lowest BCUT2D eigenvalue weighted by Crippen LogP contribution is -2.24. The third-order valence-corrected chi connectivity index (χ3v) is 4.15. The van der Waals surface area contributed by atoms with E-state index >= 15 is 0 Å². The number of carbonyl (C=O) groups excluding carboxylic acids is 1. The number of amides is 1. The Morgan fingerprint density at radius 3 is 2.52 bits per heavy atom. The number of nitro benzene ring substituents is 1. The summed E-state index contributed by atoms with van der Waals surface area (Å²) in [5.41, 5.74) is 2.04. The van der Waals surface area contributed by atoms with E-state index in [2.05, 4.69) is 5.10 Å². The van der Waals surface area contributed by atoms with Crippen LogP contribution >= 0.6 is 0 Å². The van der Waals surface area contributed by atoms with Gasteiger partial charge in [0.25, 0.3) is 5.69 Å². The maximum atomic E-state index is 12.0. The van der Waals surface area contributed by atoms with Crippen LogP contribution in [0.25, 0.3) is 0 Å². The second-order valence-electron chi connectivity index (χ2n) is 5.67. The summed E-state index contributed by atoms with van der Waals surface area (Å²) in [5, 5.41) is 17.1. The zero-order chi connectivity index (χ0) is 18.0. The van der Waals surface area contributed by atoms with Crippen LogP contribution in [0.3, 0.4) is 0 Å². The second-order valence-corrected chi connectivity index (χ2v) is 5.67. The van der Waals surface area contributed by atoms with Gasteiger partial charge in [-0.1, -0.05) is 12.1 Å². The summed E-state index contributed by atoms with van der Waals surface area (Å²) in [4.78, 5) is 22.9. The molecule has 1 amide bonds. The van der Waals surface area contributed by atoms with Crippen LogP contribution in [0, 0.1) is 10.1 Å². The molecule has 1 atom stereocenters. The van der Waals surface area contributed by atoms with Gasteiger partial charge < -0.3 is 4.74 Å². The lowest BCUT2D eigenvalue weighted by Gasteiger charge is -2.20. The highest BCUT2D eigenvalue weighted by Crippen LogP contribution is 2.37. The van der Waals surface area contributed by atoms with Crippen LogP contribution in [0.1, 0.15) is 30.5 Å². The van der Waals surface area contributed by atoms with E-state index in [4.69, 9.17) is 4.74 Å². The smallest absolute Gasteiger partial charge is 0.274 e. The molecule has 7 heteroatoms. The number of para-hydroxylation sites is 1. The first-order valence-corrected chi connectivity index (χ1v) is 7.76. The van der Waals surface area contributed by atoms with Crippen molar-refractivity contribution in [2.24, 2.45) is 5.10 Å². The number of methoxy groups -OCH3 is 1. The summed E-state index contributed by atoms with van der Waals surface area (Å²) in [6.45, 7) is 1.40. The van der Waals surface area contributed by atoms with E-state index < -0.39 is 11.0 Å². The Bertz CT molecular complexity index is 846. The lowest BCUT2D eigenvalue weighted by atomic mass is 9.97. The average Bonchev–Trinajstić information content (AvgIpc) is 3.07. The minimum absolute atomic E-state index is 0.00932. The zero-order valence-electron chi connectivity index (χ0n) is 13.9. The standard InChI is InChI=1S/C18H17N3O4/c1-12(22)20-18(15-5-3-4-6-17(15)21(23)24)11-16(19-20)13-7-9-14(25-2)10-8-13/h3-10,18H,11H2,1-2H3/t18-/m0/s1. The Balaban J connectivity index is 1.97. The highest BCUT2D eigenvalue weighted by atomic mass is 16.6. The van der Waals surface area contributed by atoms with Gasteiger partial charge in [-0.2, -0.15) is 5.10 Å². The molecule has 128 valence electrons. The van der Waals surface area contributed by atoms with Crippen molar-refractivity contribution in [1.82, 2.24) is 5.01 Å². The number of rotatable bonds is 4. The normalized spacial score (nSPS) is 16.5. The Kier molecular flexibility index (Phi) is 4.47. The quantitative estimate of drug-likeness (QED) is 0.632. The summed E-state index contributed by atoms with van der Waals surface area (Å²) >= 11 is 0. The van der Waals surface area contributed by atoms with E-state index in [1.807, 2.05) is 24.3 Å². The number of nitrogens with zero attached hydrogens (tertiary/aromatic N) is 3. The first-order chi connectivity index (χ1) is 12.0. The molecule has 2 aromatic rings. The molecule has 0 radical (unpaired) electrons. The van der Waals surface area contributed by atoms with E-state index in [1.54, 1.807) is 25.3 Å². The Morgan fingerprint density at radius 2 is 1.92 bits per heavy atom. The van der Waals surface area contributed by atoms with Crippen LogP contribution in [0.2, 0.25) is 0 Å². The molecule has 0 bridgehead atoms. The van der Waals surface area contributed by atoms with Crippen molar-refractivity contribution in [3.63, 3.8) is 0 Å². The van der Waals surface area contributed by atoms with Crippen molar-refractivity contribution in [1.29, 1.82) is 0 Å². The Labute approximate surface area is 144 Å². The van der Waals surface area contributed by atoms with E-state index in [9.17, 15) is 14.9 Å². The van der Waals surface area contributed by atoms with Crippen LogP contribution in [0.15, 0.2) is 53.6 Å². The van der Waals surface area contributed by atoms with Crippen molar-refractivity contribution in [3.8, 4) is 5.75 Å². The molecule has 0 saturated carbocycles. The Morgan fingerprint density at radius 1 is 1.24 bits per heavy atom. The highest BCUT2D eigenvalue weighted by molar-refractivity contribution is 6.03. The van der Waals surface area contributed by atoms with E-state index in [0.717, 1.165) is 11.3 Å². The molecule has 2 aromatic carbocycles. The van der Waals surface area contributed by atoms with Crippen molar-refractivity contribution in [2.45, 2.75) is 19.4 Å². The van der Waals surface area contributed by atoms with Gasteiger partial charge in [-0.3, -0.25) is 14.9 Å². The van der Waals surface area contributed by atoms with E-state index in [-0.39, 0.29) is 11.6 Å². The summed E-state index contributed by atoms with van der Waals surface area (Å²) in [5.74, 6) is 0.465. The average molecular weight is 339 g/mol. The van der Waals surface area contributed by atoms with Gasteiger partial charge in [0.05, 0.1) is 29.4 Å². The lowest BCUT2D eigenvalue weighted by molar-refractivity contribution is -0.385. The highest BCUT2D eigenvalue weighted by Gasteiger charge is 2.35.